The summed E-state index contributed by atoms with van der Waals surface area (Å²) in [5.41, 5.74) is 8.31. The second-order valence-electron chi connectivity index (χ2n) is 5.13. The van der Waals surface area contributed by atoms with E-state index in [4.69, 9.17) is 5.73 Å². The Morgan fingerprint density at radius 2 is 2.00 bits per heavy atom. The Kier molecular flexibility index (Phi) is 3.47. The van der Waals surface area contributed by atoms with Crippen LogP contribution in [0.25, 0.3) is 0 Å². The molecule has 1 aliphatic heterocycles. The highest BCUT2D eigenvalue weighted by atomic mass is 15.2. The van der Waals surface area contributed by atoms with E-state index in [2.05, 4.69) is 46.3 Å². The summed E-state index contributed by atoms with van der Waals surface area (Å²) < 4.78 is 0. The van der Waals surface area contributed by atoms with Crippen LogP contribution in [-0.4, -0.2) is 16.4 Å². The molecule has 2 N–H and O–H groups in total. The van der Waals surface area contributed by atoms with Gasteiger partial charge in [-0.15, -0.1) is 0 Å². The Labute approximate surface area is 114 Å². The molecule has 0 amide bonds. The number of likely N-dealkylation sites (tertiary alicyclic amines) is 1. The van der Waals surface area contributed by atoms with Gasteiger partial charge < -0.3 is 5.73 Å². The zero-order chi connectivity index (χ0) is 13.1. The van der Waals surface area contributed by atoms with Crippen molar-refractivity contribution in [3.8, 4) is 0 Å². The highest BCUT2D eigenvalue weighted by molar-refractivity contribution is 5.31. The fourth-order valence-electron chi connectivity index (χ4n) is 2.82. The number of benzene rings is 1. The van der Waals surface area contributed by atoms with Gasteiger partial charge in [0.1, 0.15) is 5.82 Å². The minimum absolute atomic E-state index is 0.480. The van der Waals surface area contributed by atoms with Crippen LogP contribution < -0.4 is 5.73 Å². The number of rotatable bonds is 3. The van der Waals surface area contributed by atoms with Crippen molar-refractivity contribution in [3.63, 3.8) is 0 Å². The van der Waals surface area contributed by atoms with Crippen LogP contribution in [-0.2, 0) is 6.54 Å². The molecule has 0 saturated carbocycles. The average Bonchev–Trinajstić information content (AvgIpc) is 2.89. The van der Waals surface area contributed by atoms with E-state index in [1.54, 1.807) is 0 Å². The molecule has 1 atom stereocenters. The third kappa shape index (κ3) is 2.76. The first-order valence-corrected chi connectivity index (χ1v) is 6.82. The SMILES string of the molecule is Nc1ccc([C@@H]2CCCN2Cc2ccccc2)cn1. The Morgan fingerprint density at radius 3 is 2.74 bits per heavy atom. The van der Waals surface area contributed by atoms with Gasteiger partial charge in [-0.3, -0.25) is 4.90 Å². The molecule has 0 bridgehead atoms. The van der Waals surface area contributed by atoms with E-state index in [9.17, 15) is 0 Å². The van der Waals surface area contributed by atoms with Crippen LogP contribution in [0.3, 0.4) is 0 Å². The molecule has 3 rings (SSSR count). The number of anilines is 1. The van der Waals surface area contributed by atoms with Crippen molar-refractivity contribution in [1.82, 2.24) is 9.88 Å². The van der Waals surface area contributed by atoms with E-state index >= 15 is 0 Å². The van der Waals surface area contributed by atoms with Gasteiger partial charge in [0.05, 0.1) is 0 Å². The van der Waals surface area contributed by atoms with E-state index in [1.807, 2.05) is 12.3 Å². The second kappa shape index (κ2) is 5.41. The van der Waals surface area contributed by atoms with Crippen molar-refractivity contribution in [1.29, 1.82) is 0 Å². The van der Waals surface area contributed by atoms with Gasteiger partial charge in [-0.2, -0.15) is 0 Å². The maximum atomic E-state index is 5.66. The maximum Gasteiger partial charge on any atom is 0.123 e. The maximum absolute atomic E-state index is 5.66. The minimum Gasteiger partial charge on any atom is -0.384 e. The zero-order valence-corrected chi connectivity index (χ0v) is 11.0. The summed E-state index contributed by atoms with van der Waals surface area (Å²) in [6.45, 7) is 2.17. The lowest BCUT2D eigenvalue weighted by molar-refractivity contribution is 0.248. The molecule has 2 aromatic rings. The first-order valence-electron chi connectivity index (χ1n) is 6.82. The van der Waals surface area contributed by atoms with Gasteiger partial charge in [0.2, 0.25) is 0 Å². The van der Waals surface area contributed by atoms with Crippen LogP contribution in [0.4, 0.5) is 5.82 Å². The molecule has 3 nitrogen and oxygen atoms in total. The van der Waals surface area contributed by atoms with E-state index in [0.717, 1.165) is 13.1 Å². The van der Waals surface area contributed by atoms with Crippen LogP contribution in [0.1, 0.15) is 30.0 Å². The first kappa shape index (κ1) is 12.2. The Bertz CT molecular complexity index is 521. The quantitative estimate of drug-likeness (QED) is 0.914. The van der Waals surface area contributed by atoms with Crippen LogP contribution in [0, 0.1) is 0 Å². The lowest BCUT2D eigenvalue weighted by Crippen LogP contribution is -2.22. The van der Waals surface area contributed by atoms with Crippen LogP contribution in [0.15, 0.2) is 48.7 Å². The third-order valence-electron chi connectivity index (χ3n) is 3.79. The molecule has 98 valence electrons. The summed E-state index contributed by atoms with van der Waals surface area (Å²) in [5.74, 6) is 0.594. The molecular weight excluding hydrogens is 234 g/mol. The Balaban J connectivity index is 1.76. The molecule has 0 radical (unpaired) electrons. The number of aromatic nitrogens is 1. The van der Waals surface area contributed by atoms with Crippen LogP contribution >= 0.6 is 0 Å². The van der Waals surface area contributed by atoms with Crippen molar-refractivity contribution >= 4 is 5.82 Å². The number of nitrogen functional groups attached to an aromatic ring is 1. The largest absolute Gasteiger partial charge is 0.384 e. The van der Waals surface area contributed by atoms with E-state index in [1.165, 1.54) is 24.0 Å². The van der Waals surface area contributed by atoms with Gasteiger partial charge in [-0.1, -0.05) is 36.4 Å². The molecule has 0 aliphatic carbocycles. The van der Waals surface area contributed by atoms with Gasteiger partial charge in [0, 0.05) is 18.8 Å². The predicted octanol–water partition coefficient (Wildman–Crippen LogP) is 3.00. The summed E-state index contributed by atoms with van der Waals surface area (Å²) in [6.07, 6.45) is 4.38. The standard InChI is InChI=1S/C16H19N3/c17-16-9-8-14(11-18-16)15-7-4-10-19(15)12-13-5-2-1-3-6-13/h1-3,5-6,8-9,11,15H,4,7,10,12H2,(H2,17,18)/t15-/m0/s1. The van der Waals surface area contributed by atoms with Crippen molar-refractivity contribution < 1.29 is 0 Å². The summed E-state index contributed by atoms with van der Waals surface area (Å²) >= 11 is 0. The van der Waals surface area contributed by atoms with E-state index < -0.39 is 0 Å². The zero-order valence-electron chi connectivity index (χ0n) is 11.0. The van der Waals surface area contributed by atoms with Gasteiger partial charge in [-0.25, -0.2) is 4.98 Å². The normalized spacial score (nSPS) is 19.7. The predicted molar refractivity (Wildman–Crippen MR) is 77.5 cm³/mol. The highest BCUT2D eigenvalue weighted by Gasteiger charge is 2.25. The summed E-state index contributed by atoms with van der Waals surface area (Å²) in [4.78, 5) is 6.75. The lowest BCUT2D eigenvalue weighted by atomic mass is 10.1. The number of hydrogen-bond donors (Lipinski definition) is 1. The van der Waals surface area contributed by atoms with E-state index in [-0.39, 0.29) is 0 Å². The number of pyridine rings is 1. The van der Waals surface area contributed by atoms with Crippen molar-refractivity contribution in [2.24, 2.45) is 0 Å². The molecule has 3 heteroatoms. The summed E-state index contributed by atoms with van der Waals surface area (Å²) in [6, 6.07) is 15.1. The lowest BCUT2D eigenvalue weighted by Gasteiger charge is -2.24. The Morgan fingerprint density at radius 1 is 1.16 bits per heavy atom. The van der Waals surface area contributed by atoms with Crippen LogP contribution in [0.5, 0.6) is 0 Å². The molecule has 2 heterocycles. The number of nitrogens with zero attached hydrogens (tertiary/aromatic N) is 2. The average molecular weight is 253 g/mol. The Hall–Kier alpha value is -1.87. The number of nitrogens with two attached hydrogens (primary N) is 1. The molecular formula is C16H19N3. The van der Waals surface area contributed by atoms with Gasteiger partial charge in [-0.05, 0) is 36.6 Å². The topological polar surface area (TPSA) is 42.1 Å². The molecule has 1 aromatic carbocycles. The van der Waals surface area contributed by atoms with Gasteiger partial charge >= 0.3 is 0 Å². The molecule has 1 saturated heterocycles. The van der Waals surface area contributed by atoms with Crippen molar-refractivity contribution in [3.05, 3.63) is 59.8 Å². The second-order valence-corrected chi connectivity index (χ2v) is 5.13. The monoisotopic (exact) mass is 253 g/mol. The summed E-state index contributed by atoms with van der Waals surface area (Å²) in [5, 5.41) is 0. The first-order chi connectivity index (χ1) is 9.33. The fraction of sp³-hybridized carbons (Fsp3) is 0.312. The third-order valence-corrected chi connectivity index (χ3v) is 3.79. The minimum atomic E-state index is 0.480. The molecule has 1 aliphatic rings. The van der Waals surface area contributed by atoms with Gasteiger partial charge in [0.15, 0.2) is 0 Å². The molecule has 0 unspecified atom stereocenters. The van der Waals surface area contributed by atoms with Crippen molar-refractivity contribution in [2.75, 3.05) is 12.3 Å². The molecule has 1 aromatic heterocycles. The molecule has 19 heavy (non-hydrogen) atoms. The smallest absolute Gasteiger partial charge is 0.123 e. The van der Waals surface area contributed by atoms with Crippen molar-refractivity contribution in [2.45, 2.75) is 25.4 Å². The van der Waals surface area contributed by atoms with E-state index in [0.29, 0.717) is 11.9 Å². The van der Waals surface area contributed by atoms with Gasteiger partial charge in [0.25, 0.3) is 0 Å². The molecule has 0 spiro atoms. The fourth-order valence-corrected chi connectivity index (χ4v) is 2.82. The number of hydrogen-bond acceptors (Lipinski definition) is 3. The summed E-state index contributed by atoms with van der Waals surface area (Å²) in [7, 11) is 0. The highest BCUT2D eigenvalue weighted by Crippen LogP contribution is 2.32. The van der Waals surface area contributed by atoms with Crippen LogP contribution in [0.2, 0.25) is 0 Å². The molecule has 1 fully saturated rings.